The lowest BCUT2D eigenvalue weighted by Crippen LogP contribution is -1.98. The smallest absolute Gasteiger partial charge is 0.0784 e. The van der Waals surface area contributed by atoms with E-state index < -0.39 is 7.80 Å². The lowest BCUT2D eigenvalue weighted by atomic mass is 10.2. The van der Waals surface area contributed by atoms with Crippen LogP contribution in [0.2, 0.25) is 0 Å². The largest absolute Gasteiger partial charge is 0.376 e. The van der Waals surface area contributed by atoms with Gasteiger partial charge in [-0.3, -0.25) is 0 Å². The van der Waals surface area contributed by atoms with Gasteiger partial charge in [-0.1, -0.05) is 37.3 Å². The van der Waals surface area contributed by atoms with Crippen molar-refractivity contribution in [1.29, 1.82) is 0 Å². The fraction of sp³-hybridized carbons (Fsp3) is 0.500. The second-order valence-corrected chi connectivity index (χ2v) is 5.65. The van der Waals surface area contributed by atoms with Crippen LogP contribution in [0.15, 0.2) is 30.3 Å². The molecule has 1 aromatic rings. The Hall–Kier alpha value is -0.590. The van der Waals surface area contributed by atoms with Crippen molar-refractivity contribution in [3.05, 3.63) is 35.9 Å². The van der Waals surface area contributed by atoms with Gasteiger partial charge in [-0.05, 0) is 18.1 Å². The third-order valence-electron chi connectivity index (χ3n) is 2.17. The molecule has 0 amide bonds. The van der Waals surface area contributed by atoms with E-state index in [-0.39, 0.29) is 0 Å². The number of hydrogen-bond donors (Lipinski definition) is 0. The van der Waals surface area contributed by atoms with Gasteiger partial charge in [0.05, 0.1) is 21.0 Å². The van der Waals surface area contributed by atoms with E-state index in [4.69, 9.17) is 4.74 Å². The van der Waals surface area contributed by atoms with Crippen molar-refractivity contribution in [3.8, 4) is 0 Å². The van der Waals surface area contributed by atoms with E-state index in [1.54, 1.807) is 0 Å². The number of benzene rings is 1. The highest BCUT2D eigenvalue weighted by atomic mass is 31.1. The fourth-order valence-corrected chi connectivity index (χ4v) is 2.53. The Morgan fingerprint density at radius 3 is 2.60 bits per heavy atom. The summed E-state index contributed by atoms with van der Waals surface area (Å²) < 4.78 is 16.8. The predicted molar refractivity (Wildman–Crippen MR) is 65.1 cm³/mol. The van der Waals surface area contributed by atoms with Crippen molar-refractivity contribution in [1.82, 2.24) is 0 Å². The van der Waals surface area contributed by atoms with Gasteiger partial charge in [0, 0.05) is 6.16 Å². The summed E-state index contributed by atoms with van der Waals surface area (Å²) in [6.07, 6.45) is 2.60. The van der Waals surface area contributed by atoms with E-state index in [9.17, 15) is 4.57 Å². The molecule has 0 heterocycles. The first-order valence-electron chi connectivity index (χ1n) is 5.46. The van der Waals surface area contributed by atoms with E-state index in [0.717, 1.165) is 18.7 Å². The molecule has 0 spiro atoms. The van der Waals surface area contributed by atoms with Gasteiger partial charge in [-0.15, -0.1) is 0 Å². The quantitative estimate of drug-likeness (QED) is 0.527. The Kier molecular flexibility index (Phi) is 6.38. The van der Waals surface area contributed by atoms with Gasteiger partial charge >= 0.3 is 0 Å². The molecule has 84 valence electrons. The summed E-state index contributed by atoms with van der Waals surface area (Å²) in [4.78, 5) is 0. The van der Waals surface area contributed by atoms with E-state index >= 15 is 0 Å². The molecular formula is C12H19O2P. The summed E-state index contributed by atoms with van der Waals surface area (Å²) in [5.41, 5.74) is 1.17. The Balaban J connectivity index is 2.10. The Morgan fingerprint density at radius 2 is 1.93 bits per heavy atom. The van der Waals surface area contributed by atoms with E-state index in [2.05, 4.69) is 6.92 Å². The van der Waals surface area contributed by atoms with Crippen LogP contribution < -0.4 is 0 Å². The Morgan fingerprint density at radius 1 is 1.20 bits per heavy atom. The third kappa shape index (κ3) is 5.76. The third-order valence-corrected chi connectivity index (χ3v) is 3.99. The maximum absolute atomic E-state index is 11.4. The van der Waals surface area contributed by atoms with Crippen LogP contribution in [0, 0.1) is 0 Å². The van der Waals surface area contributed by atoms with Gasteiger partial charge in [0.1, 0.15) is 0 Å². The van der Waals surface area contributed by atoms with Crippen LogP contribution in [-0.2, 0) is 15.9 Å². The van der Waals surface area contributed by atoms with Crippen LogP contribution in [-0.4, -0.2) is 18.9 Å². The predicted octanol–water partition coefficient (Wildman–Crippen LogP) is 3.17. The molecule has 0 aliphatic heterocycles. The average molecular weight is 226 g/mol. The molecule has 15 heavy (non-hydrogen) atoms. The number of hydrogen-bond acceptors (Lipinski definition) is 2. The van der Waals surface area contributed by atoms with Crippen LogP contribution >= 0.6 is 7.80 Å². The lowest BCUT2D eigenvalue weighted by molar-refractivity contribution is 0.135. The SMILES string of the molecule is CCC[PH](=O)CCOCc1ccccc1. The first kappa shape index (κ1) is 12.5. The molecule has 0 aliphatic rings. The zero-order chi connectivity index (χ0) is 10.9. The molecule has 0 bridgehead atoms. The summed E-state index contributed by atoms with van der Waals surface area (Å²) >= 11 is 0. The van der Waals surface area contributed by atoms with Crippen LogP contribution in [0.5, 0.6) is 0 Å². The average Bonchev–Trinajstić information content (AvgIpc) is 2.26. The van der Waals surface area contributed by atoms with Gasteiger partial charge in [0.2, 0.25) is 0 Å². The van der Waals surface area contributed by atoms with Crippen molar-refractivity contribution >= 4 is 7.80 Å². The highest BCUT2D eigenvalue weighted by molar-refractivity contribution is 7.44. The molecule has 0 saturated carbocycles. The number of ether oxygens (including phenoxy) is 1. The van der Waals surface area contributed by atoms with Crippen LogP contribution in [0.25, 0.3) is 0 Å². The zero-order valence-electron chi connectivity index (χ0n) is 9.24. The maximum atomic E-state index is 11.4. The van der Waals surface area contributed by atoms with Gasteiger partial charge in [-0.25, -0.2) is 0 Å². The second kappa shape index (κ2) is 7.67. The fourth-order valence-electron chi connectivity index (χ4n) is 1.35. The molecule has 0 radical (unpaired) electrons. The molecule has 1 aromatic carbocycles. The summed E-state index contributed by atoms with van der Waals surface area (Å²) in [7, 11) is -1.37. The van der Waals surface area contributed by atoms with Crippen molar-refractivity contribution < 1.29 is 9.30 Å². The molecule has 1 unspecified atom stereocenters. The number of rotatable bonds is 7. The van der Waals surface area contributed by atoms with E-state index in [1.165, 1.54) is 5.56 Å². The van der Waals surface area contributed by atoms with Crippen molar-refractivity contribution in [2.45, 2.75) is 20.0 Å². The van der Waals surface area contributed by atoms with E-state index in [1.807, 2.05) is 30.3 Å². The standard InChI is InChI=1S/C12H19O2P/c1-2-9-15(13)10-8-14-11-12-6-4-3-5-7-12/h3-7,15H,2,8-11H2,1H3. The van der Waals surface area contributed by atoms with Crippen molar-refractivity contribution in [2.24, 2.45) is 0 Å². The second-order valence-electron chi connectivity index (χ2n) is 3.58. The highest BCUT2D eigenvalue weighted by Gasteiger charge is 1.98. The topological polar surface area (TPSA) is 26.3 Å². The molecule has 0 aromatic heterocycles. The van der Waals surface area contributed by atoms with Crippen molar-refractivity contribution in [3.63, 3.8) is 0 Å². The van der Waals surface area contributed by atoms with E-state index in [0.29, 0.717) is 13.2 Å². The monoisotopic (exact) mass is 226 g/mol. The normalized spacial score (nSPS) is 12.6. The van der Waals surface area contributed by atoms with Crippen LogP contribution in [0.4, 0.5) is 0 Å². The van der Waals surface area contributed by atoms with Gasteiger partial charge in [0.15, 0.2) is 0 Å². The summed E-state index contributed by atoms with van der Waals surface area (Å²) in [5, 5.41) is 0. The van der Waals surface area contributed by atoms with Crippen LogP contribution in [0.3, 0.4) is 0 Å². The molecule has 0 N–H and O–H groups in total. The highest BCUT2D eigenvalue weighted by Crippen LogP contribution is 2.20. The minimum atomic E-state index is -1.37. The van der Waals surface area contributed by atoms with Gasteiger partial charge in [0.25, 0.3) is 0 Å². The maximum Gasteiger partial charge on any atom is 0.0784 e. The minimum absolute atomic E-state index is 0.618. The molecule has 2 nitrogen and oxygen atoms in total. The lowest BCUT2D eigenvalue weighted by Gasteiger charge is -2.03. The van der Waals surface area contributed by atoms with Crippen molar-refractivity contribution in [2.75, 3.05) is 18.9 Å². The molecule has 0 fully saturated rings. The molecular weight excluding hydrogens is 207 g/mol. The van der Waals surface area contributed by atoms with Crippen LogP contribution in [0.1, 0.15) is 18.9 Å². The molecule has 0 saturated heterocycles. The molecule has 1 rings (SSSR count). The first-order chi connectivity index (χ1) is 7.33. The summed E-state index contributed by atoms with van der Waals surface area (Å²) in [5.74, 6) is 0. The van der Waals surface area contributed by atoms with Gasteiger partial charge < -0.3 is 9.30 Å². The zero-order valence-corrected chi connectivity index (χ0v) is 10.2. The Bertz CT molecular complexity index is 285. The summed E-state index contributed by atoms with van der Waals surface area (Å²) in [6, 6.07) is 10.1. The molecule has 3 heteroatoms. The molecule has 0 aliphatic carbocycles. The van der Waals surface area contributed by atoms with Gasteiger partial charge in [-0.2, -0.15) is 0 Å². The molecule has 1 atom stereocenters. The first-order valence-corrected chi connectivity index (χ1v) is 7.28. The Labute approximate surface area is 92.4 Å². The minimum Gasteiger partial charge on any atom is -0.376 e. The summed E-state index contributed by atoms with van der Waals surface area (Å²) in [6.45, 7) is 3.31.